The number of nitrogen functional groups attached to an aromatic ring is 1. The van der Waals surface area contributed by atoms with Gasteiger partial charge in [-0.1, -0.05) is 12.1 Å². The SMILES string of the molecule is Cl.Nc1ccc([C@@H]2C[C@H]2C(F)(F)F)cc1. The molecule has 2 atom stereocenters. The smallest absolute Gasteiger partial charge is 0.392 e. The van der Waals surface area contributed by atoms with Gasteiger partial charge in [0.05, 0.1) is 5.92 Å². The highest BCUT2D eigenvalue weighted by molar-refractivity contribution is 5.85. The molecule has 1 aliphatic rings. The van der Waals surface area contributed by atoms with Crippen molar-refractivity contribution in [2.45, 2.75) is 18.5 Å². The number of alkyl halides is 3. The summed E-state index contributed by atoms with van der Waals surface area (Å²) in [6.07, 6.45) is -3.83. The Hall–Kier alpha value is -0.900. The summed E-state index contributed by atoms with van der Waals surface area (Å²) in [6, 6.07) is 6.62. The third-order valence-corrected chi connectivity index (χ3v) is 2.58. The second-order valence-electron chi connectivity index (χ2n) is 3.66. The Labute approximate surface area is 91.9 Å². The van der Waals surface area contributed by atoms with Crippen molar-refractivity contribution in [1.29, 1.82) is 0 Å². The predicted octanol–water partition coefficient (Wildman–Crippen LogP) is 3.36. The van der Waals surface area contributed by atoms with Gasteiger partial charge >= 0.3 is 6.18 Å². The minimum absolute atomic E-state index is 0. The largest absolute Gasteiger partial charge is 0.399 e. The topological polar surface area (TPSA) is 26.0 Å². The molecule has 0 spiro atoms. The lowest BCUT2D eigenvalue weighted by Gasteiger charge is -2.05. The van der Waals surface area contributed by atoms with E-state index in [2.05, 4.69) is 0 Å². The van der Waals surface area contributed by atoms with Crippen molar-refractivity contribution >= 4 is 18.1 Å². The van der Waals surface area contributed by atoms with Gasteiger partial charge in [-0.2, -0.15) is 13.2 Å². The van der Waals surface area contributed by atoms with Gasteiger partial charge in [0.15, 0.2) is 0 Å². The zero-order valence-electron chi connectivity index (χ0n) is 7.79. The van der Waals surface area contributed by atoms with E-state index < -0.39 is 12.1 Å². The maximum atomic E-state index is 12.2. The fourth-order valence-corrected chi connectivity index (χ4v) is 1.67. The number of benzene rings is 1. The zero-order chi connectivity index (χ0) is 10.3. The summed E-state index contributed by atoms with van der Waals surface area (Å²) in [6.45, 7) is 0. The molecular formula is C10H11ClF3N. The van der Waals surface area contributed by atoms with Crippen LogP contribution in [0.15, 0.2) is 24.3 Å². The summed E-state index contributed by atoms with van der Waals surface area (Å²) in [4.78, 5) is 0. The summed E-state index contributed by atoms with van der Waals surface area (Å²) < 4.78 is 36.7. The first kappa shape index (κ1) is 12.2. The lowest BCUT2D eigenvalue weighted by molar-refractivity contribution is -0.148. The summed E-state index contributed by atoms with van der Waals surface area (Å²) in [5.41, 5.74) is 6.76. The van der Waals surface area contributed by atoms with Gasteiger partial charge in [0, 0.05) is 5.69 Å². The molecular weight excluding hydrogens is 227 g/mol. The molecule has 84 valence electrons. The third kappa shape index (κ3) is 2.56. The van der Waals surface area contributed by atoms with Crippen LogP contribution in [0.1, 0.15) is 17.9 Å². The van der Waals surface area contributed by atoms with Gasteiger partial charge in [-0.3, -0.25) is 0 Å². The number of nitrogens with two attached hydrogens (primary N) is 1. The molecule has 1 aliphatic carbocycles. The number of rotatable bonds is 1. The molecule has 2 N–H and O–H groups in total. The molecule has 0 unspecified atom stereocenters. The van der Waals surface area contributed by atoms with Gasteiger partial charge in [0.2, 0.25) is 0 Å². The van der Waals surface area contributed by atoms with Crippen molar-refractivity contribution < 1.29 is 13.2 Å². The molecule has 15 heavy (non-hydrogen) atoms. The standard InChI is InChI=1S/C10H10F3N.ClH/c11-10(12,13)9-5-8(9)6-1-3-7(14)4-2-6;/h1-4,8-9H,5,14H2;1H/t8-,9+;/m0./s1. The van der Waals surface area contributed by atoms with Crippen LogP contribution < -0.4 is 5.73 Å². The lowest BCUT2D eigenvalue weighted by Crippen LogP contribution is -2.11. The van der Waals surface area contributed by atoms with Gasteiger partial charge in [0.1, 0.15) is 0 Å². The Bertz CT molecular complexity index is 334. The number of hydrogen-bond donors (Lipinski definition) is 1. The van der Waals surface area contributed by atoms with Gasteiger partial charge in [-0.25, -0.2) is 0 Å². The summed E-state index contributed by atoms with van der Waals surface area (Å²) in [5, 5.41) is 0. The fraction of sp³-hybridized carbons (Fsp3) is 0.400. The van der Waals surface area contributed by atoms with Crippen LogP contribution in [-0.2, 0) is 0 Å². The highest BCUT2D eigenvalue weighted by atomic mass is 35.5. The molecule has 1 fully saturated rings. The van der Waals surface area contributed by atoms with E-state index in [9.17, 15) is 13.2 Å². The first-order chi connectivity index (χ1) is 6.48. The van der Waals surface area contributed by atoms with Crippen molar-refractivity contribution in [2.75, 3.05) is 5.73 Å². The minimum Gasteiger partial charge on any atom is -0.399 e. The van der Waals surface area contributed by atoms with E-state index in [0.717, 1.165) is 5.56 Å². The average molecular weight is 238 g/mol. The Morgan fingerprint density at radius 2 is 1.67 bits per heavy atom. The molecule has 0 amide bonds. The van der Waals surface area contributed by atoms with E-state index in [1.165, 1.54) is 0 Å². The van der Waals surface area contributed by atoms with Gasteiger partial charge < -0.3 is 5.73 Å². The van der Waals surface area contributed by atoms with Gasteiger partial charge in [-0.05, 0) is 30.0 Å². The number of halogens is 4. The van der Waals surface area contributed by atoms with Gasteiger partial charge in [0.25, 0.3) is 0 Å². The van der Waals surface area contributed by atoms with Crippen LogP contribution in [0.3, 0.4) is 0 Å². The molecule has 5 heteroatoms. The Morgan fingerprint density at radius 1 is 1.13 bits per heavy atom. The van der Waals surface area contributed by atoms with E-state index in [-0.39, 0.29) is 24.7 Å². The van der Waals surface area contributed by atoms with E-state index >= 15 is 0 Å². The van der Waals surface area contributed by atoms with Crippen molar-refractivity contribution in [3.63, 3.8) is 0 Å². The zero-order valence-corrected chi connectivity index (χ0v) is 8.61. The summed E-state index contributed by atoms with van der Waals surface area (Å²) >= 11 is 0. The normalized spacial score (nSPS) is 24.5. The molecule has 0 bridgehead atoms. The van der Waals surface area contributed by atoms with Crippen LogP contribution in [-0.4, -0.2) is 6.18 Å². The number of anilines is 1. The molecule has 1 aromatic carbocycles. The molecule has 0 aromatic heterocycles. The monoisotopic (exact) mass is 237 g/mol. The maximum Gasteiger partial charge on any atom is 0.392 e. The lowest BCUT2D eigenvalue weighted by atomic mass is 10.1. The molecule has 0 aliphatic heterocycles. The molecule has 1 saturated carbocycles. The highest BCUT2D eigenvalue weighted by Gasteiger charge is 2.55. The Balaban J connectivity index is 0.00000112. The Morgan fingerprint density at radius 3 is 2.07 bits per heavy atom. The second-order valence-corrected chi connectivity index (χ2v) is 3.66. The fourth-order valence-electron chi connectivity index (χ4n) is 1.67. The molecule has 0 heterocycles. The van der Waals surface area contributed by atoms with Crippen molar-refractivity contribution in [1.82, 2.24) is 0 Å². The van der Waals surface area contributed by atoms with E-state index in [4.69, 9.17) is 5.73 Å². The average Bonchev–Trinajstić information content (AvgIpc) is 2.83. The Kier molecular flexibility index (Phi) is 3.19. The van der Waals surface area contributed by atoms with Crippen LogP contribution in [0.5, 0.6) is 0 Å². The predicted molar refractivity (Wildman–Crippen MR) is 55.0 cm³/mol. The maximum absolute atomic E-state index is 12.2. The van der Waals surface area contributed by atoms with Crippen molar-refractivity contribution in [2.24, 2.45) is 5.92 Å². The molecule has 2 rings (SSSR count). The molecule has 1 aromatic rings. The second kappa shape index (κ2) is 3.93. The minimum atomic E-state index is -4.05. The molecule has 0 saturated heterocycles. The van der Waals surface area contributed by atoms with Crippen LogP contribution in [0.4, 0.5) is 18.9 Å². The molecule has 1 nitrogen and oxygen atoms in total. The first-order valence-corrected chi connectivity index (χ1v) is 4.40. The van der Waals surface area contributed by atoms with E-state index in [1.54, 1.807) is 24.3 Å². The van der Waals surface area contributed by atoms with Gasteiger partial charge in [-0.15, -0.1) is 12.4 Å². The van der Waals surface area contributed by atoms with Crippen molar-refractivity contribution in [3.05, 3.63) is 29.8 Å². The third-order valence-electron chi connectivity index (χ3n) is 2.58. The van der Waals surface area contributed by atoms with E-state index in [1.807, 2.05) is 0 Å². The van der Waals surface area contributed by atoms with Crippen LogP contribution in [0.2, 0.25) is 0 Å². The summed E-state index contributed by atoms with van der Waals surface area (Å²) in [7, 11) is 0. The quantitative estimate of drug-likeness (QED) is 0.745. The van der Waals surface area contributed by atoms with E-state index in [0.29, 0.717) is 5.69 Å². The van der Waals surface area contributed by atoms with Crippen LogP contribution in [0, 0.1) is 5.92 Å². The summed E-state index contributed by atoms with van der Waals surface area (Å²) in [5.74, 6) is -1.50. The van der Waals surface area contributed by atoms with Crippen LogP contribution >= 0.6 is 12.4 Å². The highest BCUT2D eigenvalue weighted by Crippen LogP contribution is 2.56. The number of hydrogen-bond acceptors (Lipinski definition) is 1. The van der Waals surface area contributed by atoms with Crippen LogP contribution in [0.25, 0.3) is 0 Å². The van der Waals surface area contributed by atoms with Crippen molar-refractivity contribution in [3.8, 4) is 0 Å². The first-order valence-electron chi connectivity index (χ1n) is 4.40. The molecule has 0 radical (unpaired) electrons.